The largest absolute Gasteiger partial charge is 0.470 e. The Morgan fingerprint density at radius 2 is 2.14 bits per heavy atom. The lowest BCUT2D eigenvalue weighted by atomic mass is 9.82. The third-order valence-corrected chi connectivity index (χ3v) is 3.76. The zero-order valence-electron chi connectivity index (χ0n) is 12.0. The van der Waals surface area contributed by atoms with Crippen molar-refractivity contribution in [3.8, 4) is 5.88 Å². The summed E-state index contributed by atoms with van der Waals surface area (Å²) in [5, 5.41) is 3.17. The van der Waals surface area contributed by atoms with Gasteiger partial charge in [-0.25, -0.2) is 4.98 Å². The zero-order chi connectivity index (χ0) is 14.7. The van der Waals surface area contributed by atoms with E-state index >= 15 is 0 Å². The molecule has 6 nitrogen and oxygen atoms in total. The number of ether oxygens (including phenoxy) is 1. The predicted molar refractivity (Wildman–Crippen MR) is 80.9 cm³/mol. The van der Waals surface area contributed by atoms with Crippen LogP contribution < -0.4 is 15.8 Å². The first-order valence-electron chi connectivity index (χ1n) is 7.10. The van der Waals surface area contributed by atoms with E-state index in [1.165, 1.54) is 12.7 Å². The molecule has 2 aromatic heterocycles. The molecule has 1 fully saturated rings. The monoisotopic (exact) mass is 285 g/mol. The van der Waals surface area contributed by atoms with E-state index in [1.54, 1.807) is 6.20 Å². The number of rotatable bonds is 5. The van der Waals surface area contributed by atoms with Crippen LogP contribution in [0.4, 0.5) is 11.5 Å². The van der Waals surface area contributed by atoms with E-state index in [-0.39, 0.29) is 5.60 Å². The average Bonchev–Trinajstić information content (AvgIpc) is 2.47. The van der Waals surface area contributed by atoms with E-state index in [0.717, 1.165) is 18.5 Å². The number of pyridine rings is 1. The highest BCUT2D eigenvalue weighted by Crippen LogP contribution is 2.38. The maximum atomic E-state index is 6.10. The summed E-state index contributed by atoms with van der Waals surface area (Å²) in [6.45, 7) is 2.64. The summed E-state index contributed by atoms with van der Waals surface area (Å²) in [5.41, 5.74) is 7.33. The Balaban J connectivity index is 1.71. The maximum Gasteiger partial charge on any atom is 0.243 e. The van der Waals surface area contributed by atoms with Crippen molar-refractivity contribution in [1.29, 1.82) is 0 Å². The van der Waals surface area contributed by atoms with E-state index in [1.807, 2.05) is 18.2 Å². The van der Waals surface area contributed by atoms with Crippen molar-refractivity contribution in [2.75, 3.05) is 11.1 Å². The average molecular weight is 285 g/mol. The molecule has 6 heteroatoms. The highest BCUT2D eigenvalue weighted by molar-refractivity contribution is 5.66. The first-order chi connectivity index (χ1) is 10.2. The maximum absolute atomic E-state index is 6.10. The summed E-state index contributed by atoms with van der Waals surface area (Å²) in [6, 6.07) is 5.77. The molecule has 0 aromatic carbocycles. The second kappa shape index (κ2) is 5.55. The minimum atomic E-state index is -0.138. The fraction of sp³-hybridized carbons (Fsp3) is 0.400. The molecule has 110 valence electrons. The van der Waals surface area contributed by atoms with Crippen molar-refractivity contribution in [2.24, 2.45) is 0 Å². The Morgan fingerprint density at radius 1 is 1.29 bits per heavy atom. The van der Waals surface area contributed by atoms with E-state index in [4.69, 9.17) is 10.5 Å². The zero-order valence-corrected chi connectivity index (χ0v) is 12.0. The molecule has 0 unspecified atom stereocenters. The predicted octanol–water partition coefficient (Wildman–Crippen LogP) is 2.39. The van der Waals surface area contributed by atoms with Crippen molar-refractivity contribution in [1.82, 2.24) is 15.0 Å². The summed E-state index contributed by atoms with van der Waals surface area (Å²) < 4.78 is 5.93. The smallest absolute Gasteiger partial charge is 0.243 e. The van der Waals surface area contributed by atoms with Crippen LogP contribution in [0.1, 0.15) is 31.9 Å². The van der Waals surface area contributed by atoms with Gasteiger partial charge in [-0.1, -0.05) is 6.07 Å². The van der Waals surface area contributed by atoms with Crippen molar-refractivity contribution in [3.63, 3.8) is 0 Å². The fourth-order valence-corrected chi connectivity index (χ4v) is 2.29. The molecule has 2 heterocycles. The number of aromatic nitrogens is 3. The molecular weight excluding hydrogens is 266 g/mol. The lowest BCUT2D eigenvalue weighted by Gasteiger charge is -2.38. The van der Waals surface area contributed by atoms with Gasteiger partial charge in [0.25, 0.3) is 0 Å². The number of hydrogen-bond donors (Lipinski definition) is 2. The van der Waals surface area contributed by atoms with Crippen LogP contribution in [-0.2, 0) is 6.54 Å². The number of anilines is 2. The van der Waals surface area contributed by atoms with Crippen LogP contribution in [0.5, 0.6) is 5.88 Å². The van der Waals surface area contributed by atoms with Gasteiger partial charge >= 0.3 is 0 Å². The molecule has 0 radical (unpaired) electrons. The van der Waals surface area contributed by atoms with Crippen LogP contribution >= 0.6 is 0 Å². The second-order valence-corrected chi connectivity index (χ2v) is 5.52. The van der Waals surface area contributed by atoms with Gasteiger partial charge in [0, 0.05) is 6.20 Å². The summed E-state index contributed by atoms with van der Waals surface area (Å²) in [7, 11) is 0. The van der Waals surface area contributed by atoms with Crippen LogP contribution in [0, 0.1) is 0 Å². The summed E-state index contributed by atoms with van der Waals surface area (Å²) in [4.78, 5) is 12.6. The van der Waals surface area contributed by atoms with E-state index < -0.39 is 0 Å². The van der Waals surface area contributed by atoms with Gasteiger partial charge in [0.2, 0.25) is 5.88 Å². The van der Waals surface area contributed by atoms with Crippen LogP contribution in [0.15, 0.2) is 30.7 Å². The van der Waals surface area contributed by atoms with E-state index in [9.17, 15) is 0 Å². The Hall–Kier alpha value is -2.37. The topological polar surface area (TPSA) is 86.0 Å². The molecule has 3 rings (SSSR count). The van der Waals surface area contributed by atoms with Crippen molar-refractivity contribution in [2.45, 2.75) is 38.3 Å². The third-order valence-electron chi connectivity index (χ3n) is 3.76. The molecule has 1 aliphatic carbocycles. The molecule has 0 aliphatic heterocycles. The van der Waals surface area contributed by atoms with Crippen molar-refractivity contribution >= 4 is 11.5 Å². The molecule has 1 saturated carbocycles. The van der Waals surface area contributed by atoms with Crippen LogP contribution in [0.25, 0.3) is 0 Å². The van der Waals surface area contributed by atoms with Gasteiger partial charge in [0.05, 0.1) is 12.2 Å². The number of nitrogens with zero attached hydrogens (tertiary/aromatic N) is 3. The lowest BCUT2D eigenvalue weighted by Crippen LogP contribution is -2.40. The van der Waals surface area contributed by atoms with Crippen LogP contribution in [-0.4, -0.2) is 20.6 Å². The second-order valence-electron chi connectivity index (χ2n) is 5.52. The fourth-order valence-electron chi connectivity index (χ4n) is 2.29. The molecule has 0 atom stereocenters. The Kier molecular flexibility index (Phi) is 3.60. The first-order valence-corrected chi connectivity index (χ1v) is 7.10. The molecule has 21 heavy (non-hydrogen) atoms. The number of hydrogen-bond acceptors (Lipinski definition) is 6. The molecule has 0 bridgehead atoms. The highest BCUT2D eigenvalue weighted by atomic mass is 16.5. The summed E-state index contributed by atoms with van der Waals surface area (Å²) >= 11 is 0. The Morgan fingerprint density at radius 3 is 2.81 bits per heavy atom. The Labute approximate surface area is 123 Å². The SMILES string of the molecule is CC1(Oc2ncnc(NCc3ccccn3)c2N)CCC1. The van der Waals surface area contributed by atoms with Gasteiger partial charge < -0.3 is 15.8 Å². The molecule has 0 amide bonds. The van der Waals surface area contributed by atoms with Crippen molar-refractivity contribution in [3.05, 3.63) is 36.4 Å². The van der Waals surface area contributed by atoms with E-state index in [2.05, 4.69) is 27.2 Å². The molecule has 1 aliphatic rings. The Bertz CT molecular complexity index is 613. The van der Waals surface area contributed by atoms with Crippen LogP contribution in [0.3, 0.4) is 0 Å². The standard InChI is InChI=1S/C15H19N5O/c1-15(6-4-7-15)21-14-12(16)13(19-10-20-14)18-9-11-5-2-3-8-17-11/h2-3,5,8,10H,4,6-7,9,16H2,1H3,(H,18,19,20). The third kappa shape index (κ3) is 3.04. The van der Waals surface area contributed by atoms with Gasteiger partial charge in [0.1, 0.15) is 17.6 Å². The van der Waals surface area contributed by atoms with Crippen molar-refractivity contribution < 1.29 is 4.74 Å². The normalized spacial score (nSPS) is 16.0. The molecule has 0 spiro atoms. The molecule has 3 N–H and O–H groups in total. The minimum Gasteiger partial charge on any atom is -0.470 e. The van der Waals surface area contributed by atoms with Crippen LogP contribution in [0.2, 0.25) is 0 Å². The number of nitrogen functional groups attached to an aromatic ring is 1. The summed E-state index contributed by atoms with van der Waals surface area (Å²) in [6.07, 6.45) is 6.48. The minimum absolute atomic E-state index is 0.138. The molecule has 0 saturated heterocycles. The lowest BCUT2D eigenvalue weighted by molar-refractivity contribution is 0.00791. The molecular formula is C15H19N5O. The van der Waals surface area contributed by atoms with Gasteiger partial charge in [-0.3, -0.25) is 4.98 Å². The van der Waals surface area contributed by atoms with Gasteiger partial charge in [-0.2, -0.15) is 4.98 Å². The van der Waals surface area contributed by atoms with Gasteiger partial charge in [0.15, 0.2) is 5.82 Å². The van der Waals surface area contributed by atoms with Gasteiger partial charge in [-0.15, -0.1) is 0 Å². The van der Waals surface area contributed by atoms with Gasteiger partial charge in [-0.05, 0) is 38.3 Å². The highest BCUT2D eigenvalue weighted by Gasteiger charge is 2.35. The first kappa shape index (κ1) is 13.6. The number of nitrogens with two attached hydrogens (primary N) is 1. The molecule has 2 aromatic rings. The number of nitrogens with one attached hydrogen (secondary N) is 1. The summed E-state index contributed by atoms with van der Waals surface area (Å²) in [5.74, 6) is 1.03. The quantitative estimate of drug-likeness (QED) is 0.877. The van der Waals surface area contributed by atoms with E-state index in [0.29, 0.717) is 23.9 Å².